The first-order valence-corrected chi connectivity index (χ1v) is 6.65. The van der Waals surface area contributed by atoms with Crippen LogP contribution in [0.5, 0.6) is 0 Å². The lowest BCUT2D eigenvalue weighted by Gasteiger charge is -2.22. The molecule has 6 nitrogen and oxygen atoms in total. The van der Waals surface area contributed by atoms with Crippen LogP contribution in [0.4, 0.5) is 0 Å². The molecule has 0 saturated carbocycles. The molecule has 1 atom stereocenters. The third-order valence-electron chi connectivity index (χ3n) is 1.80. The Bertz CT molecular complexity index is 302. The lowest BCUT2D eigenvalue weighted by Crippen LogP contribution is -2.24. The lowest BCUT2D eigenvalue weighted by atomic mass is 10.3. The van der Waals surface area contributed by atoms with E-state index in [1.165, 1.54) is 6.26 Å². The summed E-state index contributed by atoms with van der Waals surface area (Å²) in [5.41, 5.74) is -1.05. The van der Waals surface area contributed by atoms with Crippen LogP contribution in [0.25, 0.3) is 0 Å². The molecule has 1 unspecified atom stereocenters. The van der Waals surface area contributed by atoms with E-state index in [2.05, 4.69) is 4.74 Å². The lowest BCUT2D eigenvalue weighted by molar-refractivity contribution is -0.137. The minimum Gasteiger partial charge on any atom is -0.350 e. The van der Waals surface area contributed by atoms with Crippen LogP contribution < -0.4 is 0 Å². The number of hydrogen-bond acceptors (Lipinski definition) is 6. The van der Waals surface area contributed by atoms with E-state index in [1.807, 2.05) is 0 Å². The number of hydrogen-bond donors (Lipinski definition) is 0. The Balaban J connectivity index is 4.92. The average molecular weight is 249 g/mol. The van der Waals surface area contributed by atoms with E-state index >= 15 is 0 Å². The number of ether oxygens (including phenoxy) is 1. The first-order chi connectivity index (χ1) is 7.55. The maximum Gasteiger partial charge on any atom is 0.344 e. The number of nitriles is 1. The molecule has 0 heterocycles. The highest BCUT2D eigenvalue weighted by Crippen LogP contribution is 2.54. The molecule has 0 fully saturated rings. The molecule has 0 aliphatic carbocycles. The fraction of sp³-hybridized carbons (Fsp3) is 0.778. The molecule has 0 rings (SSSR count). The second-order valence-electron chi connectivity index (χ2n) is 2.81. The van der Waals surface area contributed by atoms with Gasteiger partial charge < -0.3 is 13.8 Å². The van der Waals surface area contributed by atoms with E-state index in [0.717, 1.165) is 0 Å². The van der Waals surface area contributed by atoms with Crippen molar-refractivity contribution >= 4 is 13.6 Å². The highest BCUT2D eigenvalue weighted by molar-refractivity contribution is 7.55. The number of rotatable bonds is 7. The van der Waals surface area contributed by atoms with Gasteiger partial charge in [0.2, 0.25) is 0 Å². The van der Waals surface area contributed by atoms with E-state index in [1.54, 1.807) is 20.8 Å². The van der Waals surface area contributed by atoms with E-state index in [4.69, 9.17) is 14.3 Å². The molecule has 0 radical (unpaired) electrons. The SMILES string of the molecule is CCOP(=O)(OCC)C(CC)C(=O)OC#N. The van der Waals surface area contributed by atoms with Gasteiger partial charge in [-0.2, -0.15) is 0 Å². The van der Waals surface area contributed by atoms with Crippen molar-refractivity contribution in [3.63, 3.8) is 0 Å². The van der Waals surface area contributed by atoms with Crippen molar-refractivity contribution in [2.75, 3.05) is 13.2 Å². The zero-order valence-electron chi connectivity index (χ0n) is 9.63. The van der Waals surface area contributed by atoms with Gasteiger partial charge in [-0.25, -0.2) is 4.79 Å². The number of esters is 1. The van der Waals surface area contributed by atoms with Crippen LogP contribution in [0.3, 0.4) is 0 Å². The Morgan fingerprint density at radius 2 is 1.81 bits per heavy atom. The van der Waals surface area contributed by atoms with Crippen molar-refractivity contribution in [3.05, 3.63) is 0 Å². The van der Waals surface area contributed by atoms with Gasteiger partial charge >= 0.3 is 13.6 Å². The van der Waals surface area contributed by atoms with Gasteiger partial charge in [0.25, 0.3) is 6.26 Å². The van der Waals surface area contributed by atoms with Gasteiger partial charge in [-0.15, -0.1) is 5.26 Å². The Hall–Kier alpha value is -0.890. The van der Waals surface area contributed by atoms with Gasteiger partial charge in [0, 0.05) is 0 Å². The molecule has 0 bridgehead atoms. The molecule has 0 saturated heterocycles. The van der Waals surface area contributed by atoms with E-state index in [9.17, 15) is 9.36 Å². The first-order valence-electron chi connectivity index (χ1n) is 5.04. The number of carbonyl (C=O) groups is 1. The van der Waals surface area contributed by atoms with Crippen molar-refractivity contribution in [1.29, 1.82) is 5.26 Å². The van der Waals surface area contributed by atoms with Crippen LogP contribution in [0.15, 0.2) is 0 Å². The van der Waals surface area contributed by atoms with Crippen LogP contribution in [0, 0.1) is 11.5 Å². The second-order valence-corrected chi connectivity index (χ2v) is 5.03. The average Bonchev–Trinajstić information content (AvgIpc) is 2.19. The van der Waals surface area contributed by atoms with Crippen LogP contribution in [-0.4, -0.2) is 24.8 Å². The van der Waals surface area contributed by atoms with Crippen molar-refractivity contribution in [2.24, 2.45) is 0 Å². The van der Waals surface area contributed by atoms with Crippen LogP contribution in [0.2, 0.25) is 0 Å². The summed E-state index contributed by atoms with van der Waals surface area (Å²) >= 11 is 0. The zero-order chi connectivity index (χ0) is 12.6. The first kappa shape index (κ1) is 15.1. The summed E-state index contributed by atoms with van der Waals surface area (Å²) < 4.78 is 26.4. The fourth-order valence-corrected chi connectivity index (χ4v) is 3.12. The minimum atomic E-state index is -3.54. The number of nitrogens with zero attached hydrogens (tertiary/aromatic N) is 1. The summed E-state index contributed by atoms with van der Waals surface area (Å²) in [5.74, 6) is -0.879. The molecule has 0 amide bonds. The van der Waals surface area contributed by atoms with E-state index in [0.29, 0.717) is 0 Å². The fourth-order valence-electron chi connectivity index (χ4n) is 1.21. The minimum absolute atomic E-state index is 0.160. The van der Waals surface area contributed by atoms with Crippen molar-refractivity contribution < 1.29 is 23.1 Å². The van der Waals surface area contributed by atoms with Crippen LogP contribution >= 0.6 is 7.60 Å². The molecule has 0 aromatic rings. The molecular formula is C9H16NO5P. The van der Waals surface area contributed by atoms with Gasteiger partial charge in [0.1, 0.15) is 0 Å². The molecule has 0 aliphatic heterocycles. The highest BCUT2D eigenvalue weighted by Gasteiger charge is 2.41. The monoisotopic (exact) mass is 249 g/mol. The molecular weight excluding hydrogens is 233 g/mol. The molecule has 0 aromatic heterocycles. The van der Waals surface area contributed by atoms with Crippen molar-refractivity contribution in [1.82, 2.24) is 0 Å². The molecule has 0 N–H and O–H groups in total. The number of carbonyl (C=O) groups excluding carboxylic acids is 1. The van der Waals surface area contributed by atoms with Gasteiger partial charge in [-0.3, -0.25) is 4.57 Å². The predicted molar refractivity (Wildman–Crippen MR) is 56.6 cm³/mol. The topological polar surface area (TPSA) is 85.6 Å². The normalized spacial score (nSPS) is 12.9. The van der Waals surface area contributed by atoms with Crippen molar-refractivity contribution in [3.8, 4) is 6.26 Å². The molecule has 7 heteroatoms. The molecule has 0 aliphatic rings. The van der Waals surface area contributed by atoms with Gasteiger partial charge in [-0.1, -0.05) is 6.92 Å². The van der Waals surface area contributed by atoms with E-state index in [-0.39, 0.29) is 19.6 Å². The zero-order valence-corrected chi connectivity index (χ0v) is 10.5. The van der Waals surface area contributed by atoms with Crippen molar-refractivity contribution in [2.45, 2.75) is 32.9 Å². The Morgan fingerprint density at radius 1 is 1.31 bits per heavy atom. The summed E-state index contributed by atoms with van der Waals surface area (Å²) in [5, 5.41) is 8.24. The van der Waals surface area contributed by atoms with Gasteiger partial charge in [0.05, 0.1) is 13.2 Å². The standard InChI is InChI=1S/C9H16NO5P/c1-4-8(9(11)13-7-10)16(12,14-5-2)15-6-3/h8H,4-6H2,1-3H3. The van der Waals surface area contributed by atoms with Crippen LogP contribution in [0.1, 0.15) is 27.2 Å². The van der Waals surface area contributed by atoms with Gasteiger partial charge in [-0.05, 0) is 20.3 Å². The largest absolute Gasteiger partial charge is 0.350 e. The van der Waals surface area contributed by atoms with Crippen LogP contribution in [-0.2, 0) is 23.1 Å². The summed E-state index contributed by atoms with van der Waals surface area (Å²) in [4.78, 5) is 11.4. The molecule has 16 heavy (non-hydrogen) atoms. The maximum absolute atomic E-state index is 12.2. The predicted octanol–water partition coefficient (Wildman–Crippen LogP) is 2.06. The second kappa shape index (κ2) is 7.39. The van der Waals surface area contributed by atoms with E-state index < -0.39 is 19.2 Å². The quantitative estimate of drug-likeness (QED) is 0.390. The third-order valence-corrected chi connectivity index (χ3v) is 4.38. The molecule has 0 spiro atoms. The Kier molecular flexibility index (Phi) is 6.98. The Labute approximate surface area is 95.0 Å². The summed E-state index contributed by atoms with van der Waals surface area (Å²) in [6, 6.07) is 0. The summed E-state index contributed by atoms with van der Waals surface area (Å²) in [7, 11) is -3.54. The molecule has 0 aromatic carbocycles. The third kappa shape index (κ3) is 3.93. The Morgan fingerprint density at radius 3 is 2.12 bits per heavy atom. The van der Waals surface area contributed by atoms with Gasteiger partial charge in [0.15, 0.2) is 5.66 Å². The maximum atomic E-state index is 12.2. The molecule has 92 valence electrons. The summed E-state index contributed by atoms with van der Waals surface area (Å²) in [6.45, 7) is 5.26. The highest BCUT2D eigenvalue weighted by atomic mass is 31.2. The summed E-state index contributed by atoms with van der Waals surface area (Å²) in [6.07, 6.45) is 1.48. The smallest absolute Gasteiger partial charge is 0.344 e.